The first-order valence-electron chi connectivity index (χ1n) is 8.05. The monoisotopic (exact) mass is 312 g/mol. The third kappa shape index (κ3) is 3.93. The lowest BCUT2D eigenvalue weighted by Crippen LogP contribution is -2.67. The van der Waals surface area contributed by atoms with Crippen molar-refractivity contribution in [3.8, 4) is 0 Å². The van der Waals surface area contributed by atoms with E-state index in [2.05, 4.69) is 12.2 Å². The first-order chi connectivity index (χ1) is 9.86. The summed E-state index contributed by atoms with van der Waals surface area (Å²) < 4.78 is 0. The highest BCUT2D eigenvalue weighted by Gasteiger charge is 2.49. The normalized spacial score (nSPS) is 27.0. The number of hydrogen-bond donors (Lipinski definition) is 1. The summed E-state index contributed by atoms with van der Waals surface area (Å²) >= 11 is 1.89. The van der Waals surface area contributed by atoms with Gasteiger partial charge in [0.2, 0.25) is 11.8 Å². The highest BCUT2D eigenvalue weighted by Crippen LogP contribution is 2.37. The number of hydrogen-bond acceptors (Lipinski definition) is 3. The summed E-state index contributed by atoms with van der Waals surface area (Å²) in [5.74, 6) is 2.69. The molecule has 2 atom stereocenters. The zero-order valence-electron chi connectivity index (χ0n) is 13.6. The molecule has 1 heterocycles. The van der Waals surface area contributed by atoms with E-state index in [-0.39, 0.29) is 29.3 Å². The number of rotatable bonds is 6. The van der Waals surface area contributed by atoms with Crippen molar-refractivity contribution in [1.82, 2.24) is 10.2 Å². The molecule has 0 aromatic heterocycles. The summed E-state index contributed by atoms with van der Waals surface area (Å²) in [6, 6.07) is -0.610. The third-order valence-corrected chi connectivity index (χ3v) is 5.20. The largest absolute Gasteiger partial charge is 0.342 e. The molecule has 0 radical (unpaired) electrons. The second-order valence-electron chi connectivity index (χ2n) is 7.17. The second kappa shape index (κ2) is 6.59. The molecular weight excluding hydrogens is 284 g/mol. The highest BCUT2D eigenvalue weighted by atomic mass is 32.2. The average molecular weight is 312 g/mol. The van der Waals surface area contributed by atoms with Gasteiger partial charge in [-0.05, 0) is 42.1 Å². The topological polar surface area (TPSA) is 49.4 Å². The van der Waals surface area contributed by atoms with Crippen LogP contribution in [0.2, 0.25) is 0 Å². The Bertz CT molecular complexity index is 402. The van der Waals surface area contributed by atoms with E-state index in [9.17, 15) is 9.59 Å². The fourth-order valence-electron chi connectivity index (χ4n) is 3.07. The van der Waals surface area contributed by atoms with Gasteiger partial charge >= 0.3 is 0 Å². The molecule has 0 aromatic rings. The molecule has 2 aliphatic rings. The maximum atomic E-state index is 12.8. The zero-order valence-corrected chi connectivity index (χ0v) is 14.5. The molecule has 2 unspecified atom stereocenters. The standard InChI is InChI=1S/C16H28N2O2S/c1-5-21-10-6-9-18-13(16(2,3)4)14(19)17-12(15(18)20)11-7-8-11/h11-13H,5-10H2,1-4H3,(H,17,19). The molecular formula is C16H28N2O2S. The fraction of sp³-hybridized carbons (Fsp3) is 0.875. The van der Waals surface area contributed by atoms with Crippen molar-refractivity contribution in [2.75, 3.05) is 18.1 Å². The molecule has 1 aliphatic carbocycles. The van der Waals surface area contributed by atoms with Gasteiger partial charge < -0.3 is 10.2 Å². The van der Waals surface area contributed by atoms with E-state index in [0.29, 0.717) is 12.5 Å². The number of carbonyl (C=O) groups is 2. The van der Waals surface area contributed by atoms with Crippen molar-refractivity contribution in [3.05, 3.63) is 0 Å². The molecule has 1 saturated carbocycles. The van der Waals surface area contributed by atoms with E-state index < -0.39 is 0 Å². The number of piperazine rings is 1. The Morgan fingerprint density at radius 3 is 2.48 bits per heavy atom. The molecule has 0 spiro atoms. The lowest BCUT2D eigenvalue weighted by atomic mass is 9.82. The van der Waals surface area contributed by atoms with Crippen LogP contribution in [-0.4, -0.2) is 46.8 Å². The third-order valence-electron chi connectivity index (χ3n) is 4.21. The molecule has 2 amide bonds. The van der Waals surface area contributed by atoms with Gasteiger partial charge in [0, 0.05) is 6.54 Å². The predicted octanol–water partition coefficient (Wildman–Crippen LogP) is 2.28. The Morgan fingerprint density at radius 1 is 1.29 bits per heavy atom. The van der Waals surface area contributed by atoms with Crippen LogP contribution in [0.25, 0.3) is 0 Å². The van der Waals surface area contributed by atoms with E-state index in [1.54, 1.807) is 0 Å². The maximum absolute atomic E-state index is 12.8. The van der Waals surface area contributed by atoms with Crippen LogP contribution in [0.4, 0.5) is 0 Å². The van der Waals surface area contributed by atoms with Crippen molar-refractivity contribution in [2.45, 2.75) is 59.0 Å². The van der Waals surface area contributed by atoms with Gasteiger partial charge in [-0.25, -0.2) is 0 Å². The smallest absolute Gasteiger partial charge is 0.246 e. The zero-order chi connectivity index (χ0) is 15.6. The first kappa shape index (κ1) is 16.7. The van der Waals surface area contributed by atoms with Crippen LogP contribution in [0.1, 0.15) is 47.0 Å². The maximum Gasteiger partial charge on any atom is 0.246 e. The molecule has 0 aromatic carbocycles. The van der Waals surface area contributed by atoms with Crippen molar-refractivity contribution >= 4 is 23.6 Å². The van der Waals surface area contributed by atoms with E-state index in [1.807, 2.05) is 37.4 Å². The Kier molecular flexibility index (Phi) is 5.23. The molecule has 1 saturated heterocycles. The average Bonchev–Trinajstić information content (AvgIpc) is 3.20. The van der Waals surface area contributed by atoms with Crippen LogP contribution < -0.4 is 5.32 Å². The van der Waals surface area contributed by atoms with Crippen molar-refractivity contribution in [3.63, 3.8) is 0 Å². The highest BCUT2D eigenvalue weighted by molar-refractivity contribution is 7.99. The van der Waals surface area contributed by atoms with Gasteiger partial charge in [0.1, 0.15) is 12.1 Å². The number of thioether (sulfide) groups is 1. The Morgan fingerprint density at radius 2 is 1.95 bits per heavy atom. The lowest BCUT2D eigenvalue weighted by Gasteiger charge is -2.45. The van der Waals surface area contributed by atoms with Crippen LogP contribution >= 0.6 is 11.8 Å². The summed E-state index contributed by atoms with van der Waals surface area (Å²) in [6.07, 6.45) is 3.09. The van der Waals surface area contributed by atoms with Gasteiger partial charge in [-0.15, -0.1) is 0 Å². The second-order valence-corrected chi connectivity index (χ2v) is 8.57. The van der Waals surface area contributed by atoms with E-state index in [4.69, 9.17) is 0 Å². The van der Waals surface area contributed by atoms with Crippen LogP contribution in [0.3, 0.4) is 0 Å². The number of carbonyl (C=O) groups excluding carboxylic acids is 2. The minimum atomic E-state index is -0.341. The summed E-state index contributed by atoms with van der Waals surface area (Å²) in [4.78, 5) is 27.2. The minimum absolute atomic E-state index is 0.0298. The summed E-state index contributed by atoms with van der Waals surface area (Å²) in [6.45, 7) is 8.96. The molecule has 120 valence electrons. The van der Waals surface area contributed by atoms with Gasteiger partial charge in [-0.2, -0.15) is 11.8 Å². The molecule has 5 heteroatoms. The first-order valence-corrected chi connectivity index (χ1v) is 9.20. The molecule has 21 heavy (non-hydrogen) atoms. The molecule has 4 nitrogen and oxygen atoms in total. The van der Waals surface area contributed by atoms with E-state index in [0.717, 1.165) is 30.8 Å². The van der Waals surface area contributed by atoms with Crippen LogP contribution in [-0.2, 0) is 9.59 Å². The summed E-state index contributed by atoms with van der Waals surface area (Å²) in [5, 5.41) is 2.98. The molecule has 0 bridgehead atoms. The predicted molar refractivity (Wildman–Crippen MR) is 87.2 cm³/mol. The molecule has 2 rings (SSSR count). The van der Waals surface area contributed by atoms with Gasteiger partial charge in [-0.3, -0.25) is 9.59 Å². The number of nitrogens with zero attached hydrogens (tertiary/aromatic N) is 1. The van der Waals surface area contributed by atoms with Crippen LogP contribution in [0.5, 0.6) is 0 Å². The Hall–Kier alpha value is -0.710. The SMILES string of the molecule is CCSCCCN1C(=O)C(C2CC2)NC(=O)C1C(C)(C)C. The van der Waals surface area contributed by atoms with Crippen LogP contribution in [0, 0.1) is 11.3 Å². The van der Waals surface area contributed by atoms with Crippen molar-refractivity contribution < 1.29 is 9.59 Å². The summed E-state index contributed by atoms with van der Waals surface area (Å²) in [5.41, 5.74) is -0.230. The quantitative estimate of drug-likeness (QED) is 0.766. The summed E-state index contributed by atoms with van der Waals surface area (Å²) in [7, 11) is 0. The number of amides is 2. The van der Waals surface area contributed by atoms with Crippen molar-refractivity contribution in [2.24, 2.45) is 11.3 Å². The van der Waals surface area contributed by atoms with Gasteiger partial charge in [-0.1, -0.05) is 27.7 Å². The Balaban J connectivity index is 2.10. The van der Waals surface area contributed by atoms with Crippen molar-refractivity contribution in [1.29, 1.82) is 0 Å². The van der Waals surface area contributed by atoms with Gasteiger partial charge in [0.25, 0.3) is 0 Å². The van der Waals surface area contributed by atoms with Crippen LogP contribution in [0.15, 0.2) is 0 Å². The number of nitrogens with one attached hydrogen (secondary N) is 1. The lowest BCUT2D eigenvalue weighted by molar-refractivity contribution is -0.154. The fourth-order valence-corrected chi connectivity index (χ4v) is 3.69. The molecule has 1 N–H and O–H groups in total. The van der Waals surface area contributed by atoms with Gasteiger partial charge in [0.15, 0.2) is 0 Å². The Labute approximate surface area is 132 Å². The van der Waals surface area contributed by atoms with E-state index >= 15 is 0 Å². The minimum Gasteiger partial charge on any atom is -0.342 e. The van der Waals surface area contributed by atoms with E-state index in [1.165, 1.54) is 0 Å². The molecule has 2 fully saturated rings. The van der Waals surface area contributed by atoms with Gasteiger partial charge in [0.05, 0.1) is 0 Å². The molecule has 1 aliphatic heterocycles.